The monoisotopic (exact) mass is 467 g/mol. The fourth-order valence-corrected chi connectivity index (χ4v) is 4.42. The van der Waals surface area contributed by atoms with Crippen LogP contribution in [0.4, 0.5) is 11.4 Å². The highest BCUT2D eigenvalue weighted by atomic mass is 32.2. The van der Waals surface area contributed by atoms with Gasteiger partial charge in [0, 0.05) is 19.2 Å². The van der Waals surface area contributed by atoms with Crippen molar-refractivity contribution in [3.8, 4) is 0 Å². The molecule has 172 valence electrons. The quantitative estimate of drug-likeness (QED) is 0.493. The van der Waals surface area contributed by atoms with Gasteiger partial charge in [-0.25, -0.2) is 13.1 Å². The van der Waals surface area contributed by atoms with E-state index in [1.807, 2.05) is 24.3 Å². The van der Waals surface area contributed by atoms with Crippen LogP contribution in [0.25, 0.3) is 6.08 Å². The molecule has 1 amide bonds. The molecular weight excluding hydrogens is 442 g/mol. The van der Waals surface area contributed by atoms with E-state index in [1.165, 1.54) is 24.5 Å². The van der Waals surface area contributed by atoms with Crippen LogP contribution in [0.3, 0.4) is 0 Å². The van der Waals surface area contributed by atoms with Crippen molar-refractivity contribution in [3.05, 3.63) is 84.3 Å². The molecule has 2 heterocycles. The van der Waals surface area contributed by atoms with Gasteiger partial charge in [0.2, 0.25) is 15.9 Å². The van der Waals surface area contributed by atoms with Gasteiger partial charge in [-0.1, -0.05) is 24.3 Å². The highest BCUT2D eigenvalue weighted by Crippen LogP contribution is 2.26. The van der Waals surface area contributed by atoms with Gasteiger partial charge in [0.05, 0.1) is 42.3 Å². The molecule has 0 spiro atoms. The number of hydrogen-bond acceptors (Lipinski definition) is 6. The van der Waals surface area contributed by atoms with E-state index < -0.39 is 10.0 Å². The van der Waals surface area contributed by atoms with E-state index in [1.54, 1.807) is 30.3 Å². The molecule has 1 fully saturated rings. The number of furan rings is 1. The summed E-state index contributed by atoms with van der Waals surface area (Å²) < 4.78 is 37.9. The average Bonchev–Trinajstić information content (AvgIpc) is 3.37. The summed E-state index contributed by atoms with van der Waals surface area (Å²) in [6.07, 6.45) is 4.55. The van der Waals surface area contributed by atoms with Crippen LogP contribution in [0.5, 0.6) is 0 Å². The van der Waals surface area contributed by atoms with Crippen LogP contribution in [-0.2, 0) is 26.1 Å². The van der Waals surface area contributed by atoms with E-state index in [-0.39, 0.29) is 17.3 Å². The lowest BCUT2D eigenvalue weighted by molar-refractivity contribution is -0.111. The lowest BCUT2D eigenvalue weighted by Crippen LogP contribution is -2.36. The molecule has 4 rings (SSSR count). The van der Waals surface area contributed by atoms with E-state index in [9.17, 15) is 13.2 Å². The van der Waals surface area contributed by atoms with E-state index in [2.05, 4.69) is 14.9 Å². The molecule has 0 radical (unpaired) electrons. The van der Waals surface area contributed by atoms with Crippen LogP contribution in [0.2, 0.25) is 0 Å². The minimum atomic E-state index is -3.67. The maximum Gasteiger partial charge on any atom is 0.248 e. The molecular formula is C24H25N3O5S. The Morgan fingerprint density at radius 2 is 1.76 bits per heavy atom. The minimum absolute atomic E-state index is 0.0725. The summed E-state index contributed by atoms with van der Waals surface area (Å²) in [5, 5.41) is 2.92. The van der Waals surface area contributed by atoms with Crippen molar-refractivity contribution in [2.24, 2.45) is 0 Å². The number of para-hydroxylation sites is 2. The molecule has 0 aliphatic carbocycles. The number of nitrogens with zero attached hydrogens (tertiary/aromatic N) is 1. The Kier molecular flexibility index (Phi) is 7.23. The maximum absolute atomic E-state index is 12.5. The van der Waals surface area contributed by atoms with Gasteiger partial charge in [-0.15, -0.1) is 0 Å². The average molecular weight is 468 g/mol. The molecule has 3 aromatic rings. The van der Waals surface area contributed by atoms with Crippen molar-refractivity contribution in [2.75, 3.05) is 36.5 Å². The largest absolute Gasteiger partial charge is 0.468 e. The first-order valence-corrected chi connectivity index (χ1v) is 12.0. The summed E-state index contributed by atoms with van der Waals surface area (Å²) in [5.41, 5.74) is 2.40. The third kappa shape index (κ3) is 6.10. The molecule has 1 aliphatic rings. The number of rotatable bonds is 8. The second-order valence-electron chi connectivity index (χ2n) is 7.41. The Bertz CT molecular complexity index is 1200. The highest BCUT2D eigenvalue weighted by Gasteiger charge is 2.16. The Morgan fingerprint density at radius 1 is 1.00 bits per heavy atom. The van der Waals surface area contributed by atoms with Gasteiger partial charge in [-0.2, -0.15) is 0 Å². The second kappa shape index (κ2) is 10.5. The predicted octanol–water partition coefficient (Wildman–Crippen LogP) is 3.25. The van der Waals surface area contributed by atoms with E-state index >= 15 is 0 Å². The third-order valence-corrected chi connectivity index (χ3v) is 6.56. The molecule has 1 saturated heterocycles. The number of carbonyl (C=O) groups is 1. The molecule has 0 atom stereocenters. The maximum atomic E-state index is 12.5. The Balaban J connectivity index is 1.37. The van der Waals surface area contributed by atoms with Gasteiger partial charge in [0.25, 0.3) is 0 Å². The van der Waals surface area contributed by atoms with Crippen LogP contribution in [0.1, 0.15) is 11.3 Å². The summed E-state index contributed by atoms with van der Waals surface area (Å²) in [6.45, 7) is 2.93. The van der Waals surface area contributed by atoms with Crippen LogP contribution >= 0.6 is 0 Å². The number of morpholine rings is 1. The van der Waals surface area contributed by atoms with Crippen molar-refractivity contribution in [1.82, 2.24) is 4.72 Å². The molecule has 0 bridgehead atoms. The zero-order chi connectivity index (χ0) is 23.1. The van der Waals surface area contributed by atoms with Crippen molar-refractivity contribution >= 4 is 33.4 Å². The van der Waals surface area contributed by atoms with Gasteiger partial charge in [0.1, 0.15) is 5.76 Å². The van der Waals surface area contributed by atoms with Gasteiger partial charge in [-0.3, -0.25) is 4.79 Å². The second-order valence-corrected chi connectivity index (χ2v) is 9.18. The zero-order valence-corrected chi connectivity index (χ0v) is 18.8. The molecule has 1 aliphatic heterocycles. The summed E-state index contributed by atoms with van der Waals surface area (Å²) in [4.78, 5) is 14.8. The number of ether oxygens (including phenoxy) is 1. The summed E-state index contributed by atoms with van der Waals surface area (Å²) >= 11 is 0. The smallest absolute Gasteiger partial charge is 0.248 e. The number of amides is 1. The fourth-order valence-electron chi connectivity index (χ4n) is 3.43. The first kappa shape index (κ1) is 22.8. The lowest BCUT2D eigenvalue weighted by atomic mass is 10.2. The number of hydrogen-bond donors (Lipinski definition) is 2. The van der Waals surface area contributed by atoms with Gasteiger partial charge in [-0.05, 0) is 48.0 Å². The first-order valence-electron chi connectivity index (χ1n) is 10.5. The third-order valence-electron chi connectivity index (χ3n) is 5.15. The van der Waals surface area contributed by atoms with Crippen LogP contribution in [0, 0.1) is 0 Å². The number of carbonyl (C=O) groups excluding carboxylic acids is 1. The predicted molar refractivity (Wildman–Crippen MR) is 126 cm³/mol. The minimum Gasteiger partial charge on any atom is -0.468 e. The normalized spacial score (nSPS) is 14.5. The molecule has 2 N–H and O–H groups in total. The Hall–Kier alpha value is -3.40. The van der Waals surface area contributed by atoms with E-state index in [4.69, 9.17) is 9.15 Å². The number of nitrogens with one attached hydrogen (secondary N) is 2. The molecule has 33 heavy (non-hydrogen) atoms. The molecule has 1 aromatic heterocycles. The van der Waals surface area contributed by atoms with Crippen LogP contribution in [0.15, 0.2) is 82.3 Å². The fraction of sp³-hybridized carbons (Fsp3) is 0.208. The first-order chi connectivity index (χ1) is 16.0. The summed E-state index contributed by atoms with van der Waals surface area (Å²) in [7, 11) is -3.67. The van der Waals surface area contributed by atoms with Crippen molar-refractivity contribution < 1.29 is 22.4 Å². The molecule has 8 nitrogen and oxygen atoms in total. The Labute approximate surface area is 192 Å². The molecule has 0 unspecified atom stereocenters. The molecule has 0 saturated carbocycles. The van der Waals surface area contributed by atoms with E-state index in [0.29, 0.717) is 24.5 Å². The van der Waals surface area contributed by atoms with Crippen LogP contribution in [-0.4, -0.2) is 40.6 Å². The standard InChI is InChI=1S/C24H25N3O5S/c28-24(26-22-5-1-2-6-23(22)27-13-16-31-17-14-27)12-9-19-7-10-21(11-8-19)33(29,30)25-18-20-4-3-15-32-20/h1-12,15,25H,13-14,16-18H2,(H,26,28)/b12-9+. The number of sulfonamides is 1. The van der Waals surface area contributed by atoms with Gasteiger partial charge < -0.3 is 19.4 Å². The number of anilines is 2. The SMILES string of the molecule is O=C(/C=C/c1ccc(S(=O)(=O)NCc2ccco2)cc1)Nc1ccccc1N1CCOCC1. The topological polar surface area (TPSA) is 101 Å². The van der Waals surface area contributed by atoms with Gasteiger partial charge >= 0.3 is 0 Å². The summed E-state index contributed by atoms with van der Waals surface area (Å²) in [5.74, 6) is 0.256. The zero-order valence-electron chi connectivity index (χ0n) is 17.9. The van der Waals surface area contributed by atoms with Crippen molar-refractivity contribution in [2.45, 2.75) is 11.4 Å². The molecule has 2 aromatic carbocycles. The highest BCUT2D eigenvalue weighted by molar-refractivity contribution is 7.89. The number of benzene rings is 2. The van der Waals surface area contributed by atoms with E-state index in [0.717, 1.165) is 24.5 Å². The Morgan fingerprint density at radius 3 is 2.48 bits per heavy atom. The van der Waals surface area contributed by atoms with Crippen molar-refractivity contribution in [1.29, 1.82) is 0 Å². The van der Waals surface area contributed by atoms with Crippen molar-refractivity contribution in [3.63, 3.8) is 0 Å². The molecule has 9 heteroatoms. The lowest BCUT2D eigenvalue weighted by Gasteiger charge is -2.30. The summed E-state index contributed by atoms with van der Waals surface area (Å²) in [6, 6.07) is 17.3. The van der Waals surface area contributed by atoms with Crippen LogP contribution < -0.4 is 14.9 Å². The van der Waals surface area contributed by atoms with Gasteiger partial charge in [0.15, 0.2) is 0 Å².